The van der Waals surface area contributed by atoms with Crippen LogP contribution in [0.1, 0.15) is 29.6 Å². The molecule has 0 aliphatic rings. The van der Waals surface area contributed by atoms with E-state index in [1.54, 1.807) is 17.5 Å². The van der Waals surface area contributed by atoms with Gasteiger partial charge in [-0.1, -0.05) is 12.1 Å². The quantitative estimate of drug-likeness (QED) is 0.861. The summed E-state index contributed by atoms with van der Waals surface area (Å²) in [5.41, 5.74) is 0.847. The molecular weight excluding hydrogens is 296 g/mol. The van der Waals surface area contributed by atoms with Crippen LogP contribution in [-0.4, -0.2) is 36.6 Å². The van der Waals surface area contributed by atoms with Gasteiger partial charge in [0.25, 0.3) is 0 Å². The summed E-state index contributed by atoms with van der Waals surface area (Å²) < 4.78 is 0. The maximum absolute atomic E-state index is 12.1. The number of thiophene rings is 1. The van der Waals surface area contributed by atoms with Gasteiger partial charge in [0.15, 0.2) is 0 Å². The third kappa shape index (κ3) is 4.54. The first-order chi connectivity index (χ1) is 10.6. The number of rotatable bonds is 6. The van der Waals surface area contributed by atoms with Gasteiger partial charge >= 0.3 is 6.03 Å². The van der Waals surface area contributed by atoms with Gasteiger partial charge < -0.3 is 15.5 Å². The number of pyridine rings is 1. The van der Waals surface area contributed by atoms with Gasteiger partial charge in [-0.2, -0.15) is 0 Å². The fraction of sp³-hybridized carbons (Fsp3) is 0.375. The maximum Gasteiger partial charge on any atom is 0.315 e. The molecule has 0 saturated heterocycles. The molecule has 2 atom stereocenters. The third-order valence-electron chi connectivity index (χ3n) is 3.43. The van der Waals surface area contributed by atoms with Crippen LogP contribution in [0.25, 0.3) is 0 Å². The van der Waals surface area contributed by atoms with Crippen LogP contribution < -0.4 is 10.6 Å². The number of amides is 2. The van der Waals surface area contributed by atoms with E-state index in [9.17, 15) is 4.79 Å². The first-order valence-electron chi connectivity index (χ1n) is 7.23. The van der Waals surface area contributed by atoms with Gasteiger partial charge in [0.1, 0.15) is 0 Å². The molecule has 5 nitrogen and oxygen atoms in total. The molecule has 2 amide bonds. The van der Waals surface area contributed by atoms with Crippen LogP contribution in [0, 0.1) is 0 Å². The highest BCUT2D eigenvalue weighted by Gasteiger charge is 2.17. The zero-order chi connectivity index (χ0) is 15.9. The van der Waals surface area contributed by atoms with Crippen LogP contribution in [0.4, 0.5) is 4.79 Å². The summed E-state index contributed by atoms with van der Waals surface area (Å²) in [6, 6.07) is 9.67. The largest absolute Gasteiger partial charge is 0.336 e. The molecule has 2 N–H and O–H groups in total. The summed E-state index contributed by atoms with van der Waals surface area (Å²) in [6.45, 7) is 2.49. The molecule has 0 saturated carbocycles. The minimum atomic E-state index is -0.179. The SMILES string of the molecule is C[C@H](NC(=O)NC[C@H](c1cccs1)N(C)C)c1ccccn1. The summed E-state index contributed by atoms with van der Waals surface area (Å²) in [6.07, 6.45) is 1.73. The third-order valence-corrected chi connectivity index (χ3v) is 4.40. The standard InChI is InChI=1S/C16H22N4OS/c1-12(13-7-4-5-9-17-13)19-16(21)18-11-14(20(2)3)15-8-6-10-22-15/h4-10,12,14H,11H2,1-3H3,(H2,18,19,21)/t12-,14+/m0/s1. The van der Waals surface area contributed by atoms with E-state index in [1.807, 2.05) is 45.3 Å². The lowest BCUT2D eigenvalue weighted by atomic mass is 10.2. The lowest BCUT2D eigenvalue weighted by molar-refractivity contribution is 0.230. The molecule has 2 rings (SSSR count). The average molecular weight is 318 g/mol. The second-order valence-corrected chi connectivity index (χ2v) is 6.30. The Labute approximate surface area is 135 Å². The molecule has 22 heavy (non-hydrogen) atoms. The first kappa shape index (κ1) is 16.5. The van der Waals surface area contributed by atoms with Crippen LogP contribution in [0.15, 0.2) is 41.9 Å². The molecule has 2 aromatic rings. The van der Waals surface area contributed by atoms with Crippen LogP contribution in [0.3, 0.4) is 0 Å². The number of nitrogens with zero attached hydrogens (tertiary/aromatic N) is 2. The van der Waals surface area contributed by atoms with Crippen molar-refractivity contribution in [3.05, 3.63) is 52.5 Å². The highest BCUT2D eigenvalue weighted by atomic mass is 32.1. The molecule has 2 aromatic heterocycles. The molecule has 0 radical (unpaired) electrons. The van der Waals surface area contributed by atoms with Crippen molar-refractivity contribution in [1.29, 1.82) is 0 Å². The van der Waals surface area contributed by atoms with E-state index in [2.05, 4.69) is 32.0 Å². The Morgan fingerprint density at radius 3 is 2.73 bits per heavy atom. The molecule has 0 aromatic carbocycles. The first-order valence-corrected chi connectivity index (χ1v) is 8.11. The highest BCUT2D eigenvalue weighted by molar-refractivity contribution is 7.10. The fourth-order valence-electron chi connectivity index (χ4n) is 2.16. The summed E-state index contributed by atoms with van der Waals surface area (Å²) >= 11 is 1.70. The molecule has 118 valence electrons. The van der Waals surface area contributed by atoms with E-state index >= 15 is 0 Å². The zero-order valence-electron chi connectivity index (χ0n) is 13.1. The summed E-state index contributed by atoms with van der Waals surface area (Å²) in [5, 5.41) is 7.90. The molecule has 0 spiro atoms. The molecule has 2 heterocycles. The topological polar surface area (TPSA) is 57.3 Å². The van der Waals surface area contributed by atoms with Crippen molar-refractivity contribution in [2.24, 2.45) is 0 Å². The predicted molar refractivity (Wildman–Crippen MR) is 89.9 cm³/mol. The molecule has 0 aliphatic heterocycles. The minimum absolute atomic E-state index is 0.124. The number of likely N-dealkylation sites (N-methyl/N-ethyl adjacent to an activating group) is 1. The molecule has 0 fully saturated rings. The van der Waals surface area contributed by atoms with Gasteiger partial charge in [0.2, 0.25) is 0 Å². The van der Waals surface area contributed by atoms with Crippen LogP contribution >= 0.6 is 11.3 Å². The smallest absolute Gasteiger partial charge is 0.315 e. The molecular formula is C16H22N4OS. The molecule has 0 unspecified atom stereocenters. The molecule has 6 heteroatoms. The van der Waals surface area contributed by atoms with Crippen molar-refractivity contribution in [2.45, 2.75) is 19.0 Å². The normalized spacial score (nSPS) is 13.6. The van der Waals surface area contributed by atoms with E-state index in [0.717, 1.165) is 5.69 Å². The second-order valence-electron chi connectivity index (χ2n) is 5.33. The van der Waals surface area contributed by atoms with E-state index in [0.29, 0.717) is 6.54 Å². The monoisotopic (exact) mass is 318 g/mol. The van der Waals surface area contributed by atoms with Gasteiger partial charge in [-0.15, -0.1) is 11.3 Å². The van der Waals surface area contributed by atoms with Crippen molar-refractivity contribution in [3.63, 3.8) is 0 Å². The molecule has 0 bridgehead atoms. The van der Waals surface area contributed by atoms with E-state index in [4.69, 9.17) is 0 Å². The number of carbonyl (C=O) groups is 1. The average Bonchev–Trinajstić information content (AvgIpc) is 3.02. The van der Waals surface area contributed by atoms with Crippen molar-refractivity contribution < 1.29 is 4.79 Å². The number of hydrogen-bond acceptors (Lipinski definition) is 4. The predicted octanol–water partition coefficient (Wildman–Crippen LogP) is 2.81. The fourth-order valence-corrected chi connectivity index (χ4v) is 3.08. The Hall–Kier alpha value is -1.92. The van der Waals surface area contributed by atoms with Crippen molar-refractivity contribution in [3.8, 4) is 0 Å². The Morgan fingerprint density at radius 2 is 2.14 bits per heavy atom. The highest BCUT2D eigenvalue weighted by Crippen LogP contribution is 2.22. The summed E-state index contributed by atoms with van der Waals surface area (Å²) in [4.78, 5) is 19.6. The minimum Gasteiger partial charge on any atom is -0.336 e. The van der Waals surface area contributed by atoms with Gasteiger partial charge in [0, 0.05) is 17.6 Å². The van der Waals surface area contributed by atoms with Crippen molar-refractivity contribution in [1.82, 2.24) is 20.5 Å². The van der Waals surface area contributed by atoms with E-state index in [1.165, 1.54) is 4.88 Å². The van der Waals surface area contributed by atoms with Crippen molar-refractivity contribution >= 4 is 17.4 Å². The number of aromatic nitrogens is 1. The van der Waals surface area contributed by atoms with Gasteiger partial charge in [-0.05, 0) is 44.6 Å². The maximum atomic E-state index is 12.1. The lowest BCUT2D eigenvalue weighted by Crippen LogP contribution is -2.41. The summed E-state index contributed by atoms with van der Waals surface area (Å²) in [5.74, 6) is 0. The van der Waals surface area contributed by atoms with Crippen LogP contribution in [-0.2, 0) is 0 Å². The number of nitrogens with one attached hydrogen (secondary N) is 2. The van der Waals surface area contributed by atoms with E-state index in [-0.39, 0.29) is 18.1 Å². The van der Waals surface area contributed by atoms with Crippen LogP contribution in [0.5, 0.6) is 0 Å². The Morgan fingerprint density at radius 1 is 1.32 bits per heavy atom. The Balaban J connectivity index is 1.86. The second kappa shape index (κ2) is 7.91. The molecule has 0 aliphatic carbocycles. The zero-order valence-corrected chi connectivity index (χ0v) is 13.9. The number of urea groups is 1. The summed E-state index contributed by atoms with van der Waals surface area (Å²) in [7, 11) is 4.03. The lowest BCUT2D eigenvalue weighted by Gasteiger charge is -2.24. The van der Waals surface area contributed by atoms with E-state index < -0.39 is 0 Å². The van der Waals surface area contributed by atoms with Crippen molar-refractivity contribution in [2.75, 3.05) is 20.6 Å². The van der Waals surface area contributed by atoms with Crippen LogP contribution in [0.2, 0.25) is 0 Å². The number of hydrogen-bond donors (Lipinski definition) is 2. The van der Waals surface area contributed by atoms with Gasteiger partial charge in [-0.25, -0.2) is 4.79 Å². The Kier molecular flexibility index (Phi) is 5.91. The van der Waals surface area contributed by atoms with Gasteiger partial charge in [-0.3, -0.25) is 4.98 Å². The number of carbonyl (C=O) groups excluding carboxylic acids is 1. The Bertz CT molecular complexity index is 571. The van der Waals surface area contributed by atoms with Gasteiger partial charge in [0.05, 0.1) is 17.8 Å².